The topological polar surface area (TPSA) is 51.1 Å². The molecule has 2 heterocycles. The van der Waals surface area contributed by atoms with Crippen molar-refractivity contribution in [2.24, 2.45) is 0 Å². The second kappa shape index (κ2) is 6.83. The summed E-state index contributed by atoms with van der Waals surface area (Å²) in [6.45, 7) is 2.43. The number of rotatable bonds is 4. The Hall–Kier alpha value is -3.21. The quantitative estimate of drug-likeness (QED) is 0.704. The molecule has 0 radical (unpaired) electrons. The molecule has 27 heavy (non-hydrogen) atoms. The largest absolute Gasteiger partial charge is 0.341 e. The first-order chi connectivity index (χ1) is 13.0. The first-order valence-electron chi connectivity index (χ1n) is 8.91. The van der Waals surface area contributed by atoms with Crippen molar-refractivity contribution < 1.29 is 14.0 Å². The molecule has 2 aromatic carbocycles. The van der Waals surface area contributed by atoms with Gasteiger partial charge in [-0.05, 0) is 43.2 Å². The first kappa shape index (κ1) is 17.2. The summed E-state index contributed by atoms with van der Waals surface area (Å²) in [5, 5.41) is 2.83. The fourth-order valence-corrected chi connectivity index (χ4v) is 3.59. The number of carbonyl (C=O) groups is 2. The third-order valence-electron chi connectivity index (χ3n) is 5.06. The van der Waals surface area contributed by atoms with Gasteiger partial charge in [0.05, 0.1) is 11.6 Å². The van der Waals surface area contributed by atoms with Gasteiger partial charge in [-0.1, -0.05) is 36.4 Å². The van der Waals surface area contributed by atoms with Gasteiger partial charge in [-0.2, -0.15) is 0 Å². The monoisotopic (exact) mass is 362 g/mol. The van der Waals surface area contributed by atoms with Crippen molar-refractivity contribution in [3.63, 3.8) is 0 Å². The predicted octanol–water partition coefficient (Wildman–Crippen LogP) is 4.29. The van der Waals surface area contributed by atoms with Gasteiger partial charge in [-0.3, -0.25) is 9.59 Å². The van der Waals surface area contributed by atoms with Crippen molar-refractivity contribution in [1.29, 1.82) is 0 Å². The summed E-state index contributed by atoms with van der Waals surface area (Å²) in [5.74, 6) is -0.977. The zero-order valence-electron chi connectivity index (χ0n) is 14.9. The lowest BCUT2D eigenvalue weighted by molar-refractivity contribution is -0.117. The summed E-state index contributed by atoms with van der Waals surface area (Å²) in [6, 6.07) is 17.1. The van der Waals surface area contributed by atoms with Crippen LogP contribution in [0.3, 0.4) is 0 Å². The Morgan fingerprint density at radius 3 is 2.63 bits per heavy atom. The van der Waals surface area contributed by atoms with Gasteiger partial charge in [0.2, 0.25) is 11.7 Å². The molecule has 4 nitrogen and oxygen atoms in total. The van der Waals surface area contributed by atoms with E-state index in [0.29, 0.717) is 29.9 Å². The second-order valence-corrected chi connectivity index (χ2v) is 6.78. The number of amides is 1. The second-order valence-electron chi connectivity index (χ2n) is 6.78. The van der Waals surface area contributed by atoms with Crippen molar-refractivity contribution in [1.82, 2.24) is 4.57 Å². The van der Waals surface area contributed by atoms with Gasteiger partial charge in [-0.15, -0.1) is 0 Å². The van der Waals surface area contributed by atoms with E-state index >= 15 is 0 Å². The van der Waals surface area contributed by atoms with Crippen molar-refractivity contribution in [3.05, 3.63) is 89.0 Å². The number of hydrogen-bond donors (Lipinski definition) is 1. The van der Waals surface area contributed by atoms with Crippen LogP contribution in [0.4, 0.5) is 10.1 Å². The van der Waals surface area contributed by atoms with Crippen LogP contribution in [-0.2, 0) is 11.3 Å². The van der Waals surface area contributed by atoms with Crippen LogP contribution in [0, 0.1) is 12.7 Å². The van der Waals surface area contributed by atoms with E-state index in [0.717, 1.165) is 11.3 Å². The predicted molar refractivity (Wildman–Crippen MR) is 101 cm³/mol. The molecular formula is C22H19FN2O2. The molecule has 1 unspecified atom stereocenters. The van der Waals surface area contributed by atoms with Crippen molar-refractivity contribution in [2.45, 2.75) is 25.8 Å². The van der Waals surface area contributed by atoms with Gasteiger partial charge in [-0.25, -0.2) is 4.39 Å². The summed E-state index contributed by atoms with van der Waals surface area (Å²) in [5.41, 5.74) is 3.32. The average molecular weight is 362 g/mol. The highest BCUT2D eigenvalue weighted by molar-refractivity contribution is 6.08. The number of ketones is 1. The SMILES string of the molecule is Cc1ccc(F)cc1NC(=O)C1CCn2c(C(=O)c3ccccc3)ccc21. The molecule has 0 saturated carbocycles. The lowest BCUT2D eigenvalue weighted by Crippen LogP contribution is -2.20. The summed E-state index contributed by atoms with van der Waals surface area (Å²) in [7, 11) is 0. The summed E-state index contributed by atoms with van der Waals surface area (Å²) in [6.07, 6.45) is 0.617. The Labute approximate surface area is 156 Å². The van der Waals surface area contributed by atoms with Crippen LogP contribution in [0.2, 0.25) is 0 Å². The van der Waals surface area contributed by atoms with E-state index in [-0.39, 0.29) is 23.4 Å². The number of nitrogens with one attached hydrogen (secondary N) is 1. The molecule has 1 aliphatic rings. The normalized spacial score (nSPS) is 15.4. The molecule has 4 rings (SSSR count). The number of carbonyl (C=O) groups excluding carboxylic acids is 2. The maximum atomic E-state index is 13.5. The lowest BCUT2D eigenvalue weighted by atomic mass is 10.0. The summed E-state index contributed by atoms with van der Waals surface area (Å²) < 4.78 is 15.4. The number of fused-ring (bicyclic) bond motifs is 1. The molecule has 136 valence electrons. The van der Waals surface area contributed by atoms with Crippen molar-refractivity contribution in [3.8, 4) is 0 Å². The molecule has 1 atom stereocenters. The minimum absolute atomic E-state index is 0.0520. The molecule has 1 aliphatic heterocycles. The van der Waals surface area contributed by atoms with Crippen LogP contribution in [0.25, 0.3) is 0 Å². The van der Waals surface area contributed by atoms with Crippen LogP contribution in [0.1, 0.15) is 39.6 Å². The van der Waals surface area contributed by atoms with E-state index in [4.69, 9.17) is 0 Å². The fourth-order valence-electron chi connectivity index (χ4n) is 3.59. The molecule has 5 heteroatoms. The zero-order valence-corrected chi connectivity index (χ0v) is 14.9. The Kier molecular flexibility index (Phi) is 4.36. The van der Waals surface area contributed by atoms with E-state index in [1.165, 1.54) is 12.1 Å². The molecule has 0 saturated heterocycles. The maximum absolute atomic E-state index is 13.5. The summed E-state index contributed by atoms with van der Waals surface area (Å²) in [4.78, 5) is 25.5. The van der Waals surface area contributed by atoms with Crippen LogP contribution in [0.15, 0.2) is 60.7 Å². The van der Waals surface area contributed by atoms with E-state index < -0.39 is 0 Å². The molecular weight excluding hydrogens is 343 g/mol. The first-order valence-corrected chi connectivity index (χ1v) is 8.91. The number of aryl methyl sites for hydroxylation is 1. The fraction of sp³-hybridized carbons (Fsp3) is 0.182. The summed E-state index contributed by atoms with van der Waals surface area (Å²) >= 11 is 0. The van der Waals surface area contributed by atoms with Gasteiger partial charge >= 0.3 is 0 Å². The van der Waals surface area contributed by atoms with Crippen molar-refractivity contribution >= 4 is 17.4 Å². The van der Waals surface area contributed by atoms with E-state index in [2.05, 4.69) is 5.32 Å². The third-order valence-corrected chi connectivity index (χ3v) is 5.06. The highest BCUT2D eigenvalue weighted by atomic mass is 19.1. The molecule has 0 fully saturated rings. The van der Waals surface area contributed by atoms with Gasteiger partial charge in [0.1, 0.15) is 5.82 Å². The smallest absolute Gasteiger partial charge is 0.233 e. The Balaban J connectivity index is 1.58. The minimum Gasteiger partial charge on any atom is -0.341 e. The number of anilines is 1. The van der Waals surface area contributed by atoms with Crippen LogP contribution >= 0.6 is 0 Å². The van der Waals surface area contributed by atoms with Crippen LogP contribution < -0.4 is 5.32 Å². The lowest BCUT2D eigenvalue weighted by Gasteiger charge is -2.12. The number of benzene rings is 2. The van der Waals surface area contributed by atoms with E-state index in [1.807, 2.05) is 35.8 Å². The molecule has 1 amide bonds. The van der Waals surface area contributed by atoms with Crippen molar-refractivity contribution in [2.75, 3.05) is 5.32 Å². The molecule has 0 bridgehead atoms. The Morgan fingerprint density at radius 2 is 1.85 bits per heavy atom. The zero-order chi connectivity index (χ0) is 19.0. The third kappa shape index (κ3) is 3.16. The molecule has 0 spiro atoms. The van der Waals surface area contributed by atoms with Gasteiger partial charge in [0.15, 0.2) is 0 Å². The van der Waals surface area contributed by atoms with E-state index in [1.54, 1.807) is 24.3 Å². The molecule has 1 aromatic heterocycles. The van der Waals surface area contributed by atoms with Gasteiger partial charge < -0.3 is 9.88 Å². The molecule has 0 aliphatic carbocycles. The standard InChI is InChI=1S/C22H19FN2O2/c1-14-7-8-16(23)13-18(14)24-22(27)17-11-12-25-19(17)9-10-20(25)21(26)15-5-3-2-4-6-15/h2-10,13,17H,11-12H2,1H3,(H,24,27). The maximum Gasteiger partial charge on any atom is 0.233 e. The molecule has 1 N–H and O–H groups in total. The van der Waals surface area contributed by atoms with Gasteiger partial charge in [0, 0.05) is 23.5 Å². The Bertz CT molecular complexity index is 1020. The Morgan fingerprint density at radius 1 is 1.07 bits per heavy atom. The number of nitrogens with zero attached hydrogens (tertiary/aromatic N) is 1. The van der Waals surface area contributed by atoms with Gasteiger partial charge in [0.25, 0.3) is 0 Å². The number of hydrogen-bond acceptors (Lipinski definition) is 2. The molecule has 3 aromatic rings. The number of halogens is 1. The highest BCUT2D eigenvalue weighted by Gasteiger charge is 2.32. The minimum atomic E-state index is -0.388. The number of aromatic nitrogens is 1. The van der Waals surface area contributed by atoms with Crippen LogP contribution in [-0.4, -0.2) is 16.3 Å². The highest BCUT2D eigenvalue weighted by Crippen LogP contribution is 2.32. The average Bonchev–Trinajstić information content (AvgIpc) is 3.27. The van der Waals surface area contributed by atoms with E-state index in [9.17, 15) is 14.0 Å². The van der Waals surface area contributed by atoms with Crippen LogP contribution in [0.5, 0.6) is 0 Å².